The highest BCUT2D eigenvalue weighted by Gasteiger charge is 2.27. The molecule has 5 nitrogen and oxygen atoms in total. The summed E-state index contributed by atoms with van der Waals surface area (Å²) in [4.78, 5) is 18.5. The molecule has 20 heavy (non-hydrogen) atoms. The summed E-state index contributed by atoms with van der Waals surface area (Å²) >= 11 is 0. The molecule has 0 aliphatic carbocycles. The van der Waals surface area contributed by atoms with Crippen LogP contribution < -0.4 is 4.90 Å². The third-order valence-corrected chi connectivity index (χ3v) is 3.88. The van der Waals surface area contributed by atoms with Gasteiger partial charge in [0.2, 0.25) is 0 Å². The van der Waals surface area contributed by atoms with Gasteiger partial charge in [0.05, 0.1) is 12.6 Å². The van der Waals surface area contributed by atoms with E-state index in [1.165, 1.54) is 0 Å². The van der Waals surface area contributed by atoms with Gasteiger partial charge in [-0.2, -0.15) is 0 Å². The van der Waals surface area contributed by atoms with E-state index in [0.717, 1.165) is 12.2 Å². The Bertz CT molecular complexity index is 476. The van der Waals surface area contributed by atoms with E-state index in [1.807, 2.05) is 55.2 Å². The van der Waals surface area contributed by atoms with Gasteiger partial charge < -0.3 is 14.9 Å². The van der Waals surface area contributed by atoms with Crippen molar-refractivity contribution in [3.05, 3.63) is 29.8 Å². The molecule has 1 aliphatic heterocycles. The predicted molar refractivity (Wildman–Crippen MR) is 80.2 cm³/mol. The van der Waals surface area contributed by atoms with E-state index >= 15 is 0 Å². The molecular weight excluding hydrogens is 254 g/mol. The van der Waals surface area contributed by atoms with Crippen LogP contribution in [0.4, 0.5) is 5.69 Å². The number of amides is 1. The first-order valence-electron chi connectivity index (χ1n) is 6.90. The maximum Gasteiger partial charge on any atom is 0.254 e. The van der Waals surface area contributed by atoms with E-state index in [9.17, 15) is 9.90 Å². The topological polar surface area (TPSA) is 47.0 Å². The molecule has 1 amide bonds. The molecule has 1 aliphatic rings. The minimum absolute atomic E-state index is 0.0322. The van der Waals surface area contributed by atoms with E-state index in [0.29, 0.717) is 18.7 Å². The van der Waals surface area contributed by atoms with Crippen LogP contribution in [0.1, 0.15) is 10.4 Å². The molecule has 1 aromatic carbocycles. The summed E-state index contributed by atoms with van der Waals surface area (Å²) < 4.78 is 0. The summed E-state index contributed by atoms with van der Waals surface area (Å²) in [6.45, 7) is 2.17. The molecular formula is C15H23N3O2. The first-order chi connectivity index (χ1) is 9.52. The highest BCUT2D eigenvalue weighted by Crippen LogP contribution is 2.17. The number of rotatable bonds is 3. The molecule has 1 N–H and O–H groups in total. The summed E-state index contributed by atoms with van der Waals surface area (Å²) in [5.74, 6) is 0.0419. The van der Waals surface area contributed by atoms with Gasteiger partial charge in [0.1, 0.15) is 0 Å². The van der Waals surface area contributed by atoms with Crippen molar-refractivity contribution in [2.24, 2.45) is 0 Å². The summed E-state index contributed by atoms with van der Waals surface area (Å²) in [5.41, 5.74) is 1.72. The van der Waals surface area contributed by atoms with Crippen LogP contribution in [0.5, 0.6) is 0 Å². The summed E-state index contributed by atoms with van der Waals surface area (Å²) in [6.07, 6.45) is 0. The Balaban J connectivity index is 2.13. The molecule has 0 spiro atoms. The van der Waals surface area contributed by atoms with Crippen LogP contribution in [0.2, 0.25) is 0 Å². The monoisotopic (exact) mass is 277 g/mol. The van der Waals surface area contributed by atoms with E-state index in [1.54, 1.807) is 0 Å². The third-order valence-electron chi connectivity index (χ3n) is 3.88. The van der Waals surface area contributed by atoms with Crippen molar-refractivity contribution in [3.63, 3.8) is 0 Å². The SMILES string of the molecule is CN(C)c1cccc(C(=O)N2CCN(C)C(CO)C2)c1. The zero-order chi connectivity index (χ0) is 14.7. The van der Waals surface area contributed by atoms with E-state index in [4.69, 9.17) is 0 Å². The molecule has 1 fully saturated rings. The minimum Gasteiger partial charge on any atom is -0.395 e. The largest absolute Gasteiger partial charge is 0.395 e. The van der Waals surface area contributed by atoms with Crippen molar-refractivity contribution >= 4 is 11.6 Å². The van der Waals surface area contributed by atoms with Crippen molar-refractivity contribution in [3.8, 4) is 0 Å². The number of likely N-dealkylation sites (N-methyl/N-ethyl adjacent to an activating group) is 1. The van der Waals surface area contributed by atoms with Gasteiger partial charge >= 0.3 is 0 Å². The fourth-order valence-corrected chi connectivity index (χ4v) is 2.43. The van der Waals surface area contributed by atoms with Crippen molar-refractivity contribution in [1.82, 2.24) is 9.80 Å². The number of anilines is 1. The minimum atomic E-state index is 0.0322. The van der Waals surface area contributed by atoms with Gasteiger partial charge in [-0.1, -0.05) is 6.07 Å². The molecule has 1 unspecified atom stereocenters. The van der Waals surface area contributed by atoms with E-state index < -0.39 is 0 Å². The second-order valence-corrected chi connectivity index (χ2v) is 5.51. The lowest BCUT2D eigenvalue weighted by Crippen LogP contribution is -2.54. The van der Waals surface area contributed by atoms with Gasteiger partial charge in [0.15, 0.2) is 0 Å². The van der Waals surface area contributed by atoms with Crippen LogP contribution in [-0.4, -0.2) is 74.2 Å². The standard InChI is InChI=1S/C15H23N3O2/c1-16(2)13-6-4-5-12(9-13)15(20)18-8-7-17(3)14(10-18)11-19/h4-6,9,14,19H,7-8,10-11H2,1-3H3. The predicted octanol–water partition coefficient (Wildman–Crippen LogP) is 0.501. The number of aliphatic hydroxyl groups excluding tert-OH is 1. The normalized spacial score (nSPS) is 20.0. The van der Waals surface area contributed by atoms with Crippen LogP contribution in [0.3, 0.4) is 0 Å². The van der Waals surface area contributed by atoms with Crippen molar-refractivity contribution < 1.29 is 9.90 Å². The van der Waals surface area contributed by atoms with Crippen LogP contribution in [0.15, 0.2) is 24.3 Å². The Labute approximate surface area is 120 Å². The third kappa shape index (κ3) is 3.11. The van der Waals surface area contributed by atoms with Gasteiger partial charge in [-0.05, 0) is 25.2 Å². The molecule has 1 atom stereocenters. The maximum atomic E-state index is 12.5. The maximum absolute atomic E-state index is 12.5. The molecule has 5 heteroatoms. The molecule has 0 saturated carbocycles. The second kappa shape index (κ2) is 6.24. The molecule has 0 bridgehead atoms. The number of hydrogen-bond donors (Lipinski definition) is 1. The molecule has 1 aromatic rings. The summed E-state index contributed by atoms with van der Waals surface area (Å²) in [7, 11) is 5.90. The summed E-state index contributed by atoms with van der Waals surface area (Å²) in [6, 6.07) is 7.68. The number of hydrogen-bond acceptors (Lipinski definition) is 4. The van der Waals surface area contributed by atoms with E-state index in [2.05, 4.69) is 4.90 Å². The van der Waals surface area contributed by atoms with Gasteiger partial charge in [0.25, 0.3) is 5.91 Å². The van der Waals surface area contributed by atoms with Crippen molar-refractivity contribution in [1.29, 1.82) is 0 Å². The highest BCUT2D eigenvalue weighted by molar-refractivity contribution is 5.95. The lowest BCUT2D eigenvalue weighted by molar-refractivity contribution is 0.0421. The zero-order valence-electron chi connectivity index (χ0n) is 12.4. The molecule has 110 valence electrons. The fraction of sp³-hybridized carbons (Fsp3) is 0.533. The number of benzene rings is 1. The average molecular weight is 277 g/mol. The lowest BCUT2D eigenvalue weighted by atomic mass is 10.1. The van der Waals surface area contributed by atoms with Gasteiger partial charge in [-0.15, -0.1) is 0 Å². The second-order valence-electron chi connectivity index (χ2n) is 5.51. The van der Waals surface area contributed by atoms with Crippen molar-refractivity contribution in [2.45, 2.75) is 6.04 Å². The number of piperazine rings is 1. The van der Waals surface area contributed by atoms with Gasteiger partial charge in [0, 0.05) is 45.0 Å². The Hall–Kier alpha value is -1.59. The smallest absolute Gasteiger partial charge is 0.254 e. The Morgan fingerprint density at radius 3 is 2.80 bits per heavy atom. The number of carbonyl (C=O) groups excluding carboxylic acids is 1. The van der Waals surface area contributed by atoms with Crippen LogP contribution in [0, 0.1) is 0 Å². The van der Waals surface area contributed by atoms with Crippen LogP contribution >= 0.6 is 0 Å². The fourth-order valence-electron chi connectivity index (χ4n) is 2.43. The zero-order valence-corrected chi connectivity index (χ0v) is 12.4. The lowest BCUT2D eigenvalue weighted by Gasteiger charge is -2.38. The molecule has 0 aromatic heterocycles. The van der Waals surface area contributed by atoms with Gasteiger partial charge in [-0.25, -0.2) is 0 Å². The first-order valence-corrected chi connectivity index (χ1v) is 6.90. The Kier molecular flexibility index (Phi) is 4.62. The van der Waals surface area contributed by atoms with Crippen molar-refractivity contribution in [2.75, 3.05) is 52.3 Å². The molecule has 1 heterocycles. The number of aliphatic hydroxyl groups is 1. The summed E-state index contributed by atoms with van der Waals surface area (Å²) in [5, 5.41) is 9.36. The average Bonchev–Trinajstić information content (AvgIpc) is 2.47. The highest BCUT2D eigenvalue weighted by atomic mass is 16.3. The molecule has 1 saturated heterocycles. The number of carbonyl (C=O) groups is 1. The first kappa shape index (κ1) is 14.8. The number of nitrogens with zero attached hydrogens (tertiary/aromatic N) is 3. The Morgan fingerprint density at radius 1 is 1.40 bits per heavy atom. The van der Waals surface area contributed by atoms with Crippen LogP contribution in [-0.2, 0) is 0 Å². The van der Waals surface area contributed by atoms with Crippen LogP contribution in [0.25, 0.3) is 0 Å². The Morgan fingerprint density at radius 2 is 2.15 bits per heavy atom. The van der Waals surface area contributed by atoms with Gasteiger partial charge in [-0.3, -0.25) is 9.69 Å². The molecule has 0 radical (unpaired) electrons. The molecule has 2 rings (SSSR count). The quantitative estimate of drug-likeness (QED) is 0.874. The van der Waals surface area contributed by atoms with E-state index in [-0.39, 0.29) is 18.6 Å².